The number of aromatic hydroxyl groups is 1. The van der Waals surface area contributed by atoms with Crippen LogP contribution in [0.15, 0.2) is 72.9 Å². The third kappa shape index (κ3) is 12.5. The number of nitrogens with two attached hydrogens (primary N) is 1. The quantitative estimate of drug-likeness (QED) is 0.256. The molecular weight excluding hydrogens is 358 g/mol. The van der Waals surface area contributed by atoms with Crippen molar-refractivity contribution >= 4 is 5.91 Å². The van der Waals surface area contributed by atoms with Crippen LogP contribution >= 0.6 is 0 Å². The Morgan fingerprint density at radius 2 is 1.59 bits per heavy atom. The van der Waals surface area contributed by atoms with Gasteiger partial charge in [-0.3, -0.25) is 4.79 Å². The minimum absolute atomic E-state index is 0.0129. The second-order valence-corrected chi connectivity index (χ2v) is 7.22. The largest absolute Gasteiger partial charge is 0.508 e. The lowest BCUT2D eigenvalue weighted by Crippen LogP contribution is -2.11. The Hall–Kier alpha value is -2.55. The SMILES string of the molecule is CCCCCC=CCC=CCC=CCC=CC(CCC(N)=O)c1ccccc1O. The lowest BCUT2D eigenvalue weighted by atomic mass is 9.92. The van der Waals surface area contributed by atoms with Gasteiger partial charge in [0.2, 0.25) is 5.91 Å². The van der Waals surface area contributed by atoms with E-state index in [9.17, 15) is 9.90 Å². The van der Waals surface area contributed by atoms with E-state index in [0.29, 0.717) is 12.8 Å². The van der Waals surface area contributed by atoms with Gasteiger partial charge in [0.1, 0.15) is 5.75 Å². The van der Waals surface area contributed by atoms with Crippen LogP contribution in [0.4, 0.5) is 0 Å². The van der Waals surface area contributed by atoms with Crippen molar-refractivity contribution in [2.24, 2.45) is 5.73 Å². The van der Waals surface area contributed by atoms with E-state index in [1.165, 1.54) is 25.7 Å². The maximum Gasteiger partial charge on any atom is 0.217 e. The summed E-state index contributed by atoms with van der Waals surface area (Å²) in [5, 5.41) is 10.1. The van der Waals surface area contributed by atoms with Crippen molar-refractivity contribution in [1.29, 1.82) is 0 Å². The number of carbonyl (C=O) groups is 1. The Morgan fingerprint density at radius 1 is 0.966 bits per heavy atom. The molecule has 0 aliphatic rings. The fraction of sp³-hybridized carbons (Fsp3) is 0.423. The standard InChI is InChI=1S/C26H37NO2/c1-2-3-4-5-6-7-8-9-10-11-12-13-14-15-18-23(21-22-26(27)29)24-19-16-17-20-25(24)28/h6-7,9-10,12-13,15-20,23,28H,2-5,8,11,14,21-22H2,1H3,(H2,27,29). The number of carbonyl (C=O) groups excluding carboxylic acids is 1. The molecular formula is C26H37NO2. The first-order chi connectivity index (χ1) is 14.1. The van der Waals surface area contributed by atoms with Gasteiger partial charge in [0.05, 0.1) is 0 Å². The fourth-order valence-electron chi connectivity index (χ4n) is 3.04. The summed E-state index contributed by atoms with van der Waals surface area (Å²) in [6, 6.07) is 7.26. The maximum atomic E-state index is 11.1. The molecule has 0 saturated carbocycles. The summed E-state index contributed by atoms with van der Waals surface area (Å²) in [5.41, 5.74) is 6.12. The summed E-state index contributed by atoms with van der Waals surface area (Å²) in [6.45, 7) is 2.23. The monoisotopic (exact) mass is 395 g/mol. The molecule has 0 radical (unpaired) electrons. The molecule has 3 heteroatoms. The first-order valence-electron chi connectivity index (χ1n) is 10.8. The Balaban J connectivity index is 2.36. The zero-order valence-corrected chi connectivity index (χ0v) is 17.8. The molecule has 1 amide bonds. The van der Waals surface area contributed by atoms with E-state index in [0.717, 1.165) is 24.8 Å². The number of hydrogen-bond donors (Lipinski definition) is 2. The normalized spacial score (nSPS) is 13.3. The van der Waals surface area contributed by atoms with Gasteiger partial charge in [-0.05, 0) is 44.6 Å². The van der Waals surface area contributed by atoms with Gasteiger partial charge < -0.3 is 10.8 Å². The van der Waals surface area contributed by atoms with E-state index < -0.39 is 0 Å². The van der Waals surface area contributed by atoms with Gasteiger partial charge in [0, 0.05) is 17.9 Å². The van der Waals surface area contributed by atoms with E-state index in [1.807, 2.05) is 12.1 Å². The molecule has 0 heterocycles. The smallest absolute Gasteiger partial charge is 0.217 e. The summed E-state index contributed by atoms with van der Waals surface area (Å²) < 4.78 is 0. The molecule has 0 spiro atoms. The van der Waals surface area contributed by atoms with Crippen LogP contribution in [0.5, 0.6) is 5.75 Å². The number of benzene rings is 1. The number of amides is 1. The van der Waals surface area contributed by atoms with Gasteiger partial charge >= 0.3 is 0 Å². The third-order valence-electron chi connectivity index (χ3n) is 4.70. The first-order valence-corrected chi connectivity index (χ1v) is 10.8. The molecule has 1 aromatic rings. The van der Waals surface area contributed by atoms with Crippen molar-refractivity contribution in [3.05, 3.63) is 78.4 Å². The summed E-state index contributed by atoms with van der Waals surface area (Å²) >= 11 is 0. The number of unbranched alkanes of at least 4 members (excludes halogenated alkanes) is 3. The number of phenolic OH excluding ortho intramolecular Hbond substituents is 1. The zero-order valence-electron chi connectivity index (χ0n) is 17.8. The molecule has 1 unspecified atom stereocenters. The lowest BCUT2D eigenvalue weighted by molar-refractivity contribution is -0.118. The van der Waals surface area contributed by atoms with Gasteiger partial charge in [-0.15, -0.1) is 0 Å². The van der Waals surface area contributed by atoms with E-state index in [-0.39, 0.29) is 17.6 Å². The van der Waals surface area contributed by atoms with E-state index in [4.69, 9.17) is 5.73 Å². The van der Waals surface area contributed by atoms with Crippen molar-refractivity contribution in [2.45, 2.75) is 70.6 Å². The number of para-hydroxylation sites is 1. The predicted molar refractivity (Wildman–Crippen MR) is 124 cm³/mol. The van der Waals surface area contributed by atoms with Crippen LogP contribution in [0.2, 0.25) is 0 Å². The van der Waals surface area contributed by atoms with Crippen LogP contribution in [0.3, 0.4) is 0 Å². The summed E-state index contributed by atoms with van der Waals surface area (Å²) in [4.78, 5) is 11.1. The van der Waals surface area contributed by atoms with Crippen molar-refractivity contribution in [1.82, 2.24) is 0 Å². The Bertz CT molecular complexity index is 686. The fourth-order valence-corrected chi connectivity index (χ4v) is 3.04. The van der Waals surface area contributed by atoms with Gasteiger partial charge in [-0.2, -0.15) is 0 Å². The van der Waals surface area contributed by atoms with E-state index in [2.05, 4.69) is 55.5 Å². The number of primary amides is 1. The van der Waals surface area contributed by atoms with E-state index in [1.54, 1.807) is 12.1 Å². The van der Waals surface area contributed by atoms with Crippen molar-refractivity contribution in [3.63, 3.8) is 0 Å². The Labute approximate surface area is 176 Å². The zero-order chi connectivity index (χ0) is 21.2. The average Bonchev–Trinajstić information content (AvgIpc) is 2.71. The maximum absolute atomic E-state index is 11.1. The summed E-state index contributed by atoms with van der Waals surface area (Å²) in [7, 11) is 0. The molecule has 0 saturated heterocycles. The number of allylic oxidation sites excluding steroid dienone is 8. The highest BCUT2D eigenvalue weighted by atomic mass is 16.3. The van der Waals surface area contributed by atoms with Crippen molar-refractivity contribution in [3.8, 4) is 5.75 Å². The summed E-state index contributed by atoms with van der Waals surface area (Å²) in [6.07, 6.45) is 26.1. The topological polar surface area (TPSA) is 63.3 Å². The highest BCUT2D eigenvalue weighted by Crippen LogP contribution is 2.30. The minimum atomic E-state index is -0.318. The lowest BCUT2D eigenvalue weighted by Gasteiger charge is -2.14. The molecule has 0 aromatic heterocycles. The second kappa shape index (κ2) is 16.4. The Kier molecular flexibility index (Phi) is 13.9. The predicted octanol–water partition coefficient (Wildman–Crippen LogP) is 6.72. The molecule has 0 bridgehead atoms. The number of phenols is 1. The third-order valence-corrected chi connectivity index (χ3v) is 4.70. The van der Waals surface area contributed by atoms with Gasteiger partial charge in [0.25, 0.3) is 0 Å². The molecule has 0 aliphatic carbocycles. The molecule has 29 heavy (non-hydrogen) atoms. The van der Waals surface area contributed by atoms with Crippen LogP contribution < -0.4 is 5.73 Å². The van der Waals surface area contributed by atoms with Crippen LogP contribution in [0, 0.1) is 0 Å². The minimum Gasteiger partial charge on any atom is -0.508 e. The number of rotatable bonds is 15. The van der Waals surface area contributed by atoms with Crippen LogP contribution in [0.1, 0.15) is 76.2 Å². The Morgan fingerprint density at radius 3 is 2.21 bits per heavy atom. The van der Waals surface area contributed by atoms with E-state index >= 15 is 0 Å². The molecule has 1 rings (SSSR count). The molecule has 0 fully saturated rings. The van der Waals surface area contributed by atoms with Crippen LogP contribution in [-0.4, -0.2) is 11.0 Å². The molecule has 158 valence electrons. The van der Waals surface area contributed by atoms with Crippen LogP contribution in [-0.2, 0) is 4.79 Å². The van der Waals surface area contributed by atoms with Gasteiger partial charge in [0.15, 0.2) is 0 Å². The highest BCUT2D eigenvalue weighted by Gasteiger charge is 2.12. The second-order valence-electron chi connectivity index (χ2n) is 7.22. The van der Waals surface area contributed by atoms with Crippen molar-refractivity contribution in [2.75, 3.05) is 0 Å². The van der Waals surface area contributed by atoms with Crippen LogP contribution in [0.25, 0.3) is 0 Å². The average molecular weight is 396 g/mol. The first kappa shape index (κ1) is 24.5. The molecule has 3 nitrogen and oxygen atoms in total. The highest BCUT2D eigenvalue weighted by molar-refractivity contribution is 5.73. The molecule has 1 atom stereocenters. The molecule has 3 N–H and O–H groups in total. The molecule has 0 aliphatic heterocycles. The number of hydrogen-bond acceptors (Lipinski definition) is 2. The summed E-state index contributed by atoms with van der Waals surface area (Å²) in [5.74, 6) is -0.0749. The van der Waals surface area contributed by atoms with Gasteiger partial charge in [-0.1, -0.05) is 86.6 Å². The van der Waals surface area contributed by atoms with Gasteiger partial charge in [-0.25, -0.2) is 0 Å². The molecule has 1 aromatic carbocycles. The van der Waals surface area contributed by atoms with Crippen molar-refractivity contribution < 1.29 is 9.90 Å².